The third-order valence-corrected chi connectivity index (χ3v) is 2.98. The summed E-state index contributed by atoms with van der Waals surface area (Å²) in [5.41, 5.74) is 0.523. The zero-order valence-corrected chi connectivity index (χ0v) is 10.5. The first-order chi connectivity index (χ1) is 9.99. The van der Waals surface area contributed by atoms with Crippen LogP contribution in [0.3, 0.4) is 0 Å². The first-order valence-electron chi connectivity index (χ1n) is 5.91. The van der Waals surface area contributed by atoms with Crippen LogP contribution in [0.2, 0.25) is 0 Å². The molecule has 0 bridgehead atoms. The zero-order valence-electron chi connectivity index (χ0n) is 10.5. The maximum Gasteiger partial charge on any atom is 0.416 e. The monoisotopic (exact) mass is 288 g/mol. The van der Waals surface area contributed by atoms with E-state index in [1.165, 1.54) is 22.8 Å². The predicted octanol–water partition coefficient (Wildman–Crippen LogP) is 3.29. The molecule has 0 aliphatic heterocycles. The van der Waals surface area contributed by atoms with Crippen LogP contribution < -0.4 is 0 Å². The van der Waals surface area contributed by atoms with Crippen molar-refractivity contribution < 1.29 is 13.2 Å². The zero-order chi connectivity index (χ0) is 15.0. The van der Waals surface area contributed by atoms with Gasteiger partial charge in [-0.05, 0) is 18.2 Å². The summed E-state index contributed by atoms with van der Waals surface area (Å²) < 4.78 is 39.6. The molecule has 3 aromatic rings. The van der Waals surface area contributed by atoms with Crippen molar-refractivity contribution in [3.05, 3.63) is 53.9 Å². The highest BCUT2D eigenvalue weighted by molar-refractivity contribution is 5.65. The summed E-state index contributed by atoms with van der Waals surface area (Å²) in [4.78, 5) is 4.21. The molecule has 0 N–H and O–H groups in total. The molecule has 21 heavy (non-hydrogen) atoms. The van der Waals surface area contributed by atoms with Gasteiger partial charge in [0.2, 0.25) is 0 Å². The predicted molar refractivity (Wildman–Crippen MR) is 68.1 cm³/mol. The van der Waals surface area contributed by atoms with Crippen LogP contribution in [0.5, 0.6) is 0 Å². The molecule has 0 unspecified atom stereocenters. The molecule has 0 atom stereocenters. The molecule has 104 valence electrons. The fraction of sp³-hybridized carbons (Fsp3) is 0.0714. The van der Waals surface area contributed by atoms with E-state index in [4.69, 9.17) is 5.26 Å². The van der Waals surface area contributed by atoms with Gasteiger partial charge in [-0.2, -0.15) is 23.5 Å². The number of nitrogens with zero attached hydrogens (tertiary/aromatic N) is 4. The number of hydrogen-bond acceptors (Lipinski definition) is 3. The summed E-state index contributed by atoms with van der Waals surface area (Å²) in [6, 6.07) is 8.38. The average Bonchev–Trinajstić information content (AvgIpc) is 2.88. The van der Waals surface area contributed by atoms with Crippen LogP contribution in [-0.4, -0.2) is 14.6 Å². The van der Waals surface area contributed by atoms with E-state index in [-0.39, 0.29) is 5.56 Å². The second kappa shape index (κ2) is 4.59. The number of aromatic nitrogens is 3. The van der Waals surface area contributed by atoms with Crippen LogP contribution >= 0.6 is 0 Å². The van der Waals surface area contributed by atoms with Gasteiger partial charge in [0.15, 0.2) is 5.65 Å². The molecule has 2 heterocycles. The molecule has 0 aliphatic carbocycles. The Morgan fingerprint density at radius 1 is 1.19 bits per heavy atom. The van der Waals surface area contributed by atoms with Crippen molar-refractivity contribution >= 4 is 5.65 Å². The van der Waals surface area contributed by atoms with E-state index in [1.807, 2.05) is 6.07 Å². The Morgan fingerprint density at radius 3 is 2.71 bits per heavy atom. The standard InChI is InChI=1S/C14H7F3N4/c15-14(16,17)11-3-1-2-9(6-11)12-4-5-21-13(20-12)10(7-18)8-19-21/h1-6,8H. The van der Waals surface area contributed by atoms with Gasteiger partial charge in [-0.3, -0.25) is 0 Å². The van der Waals surface area contributed by atoms with Crippen LogP contribution in [0.4, 0.5) is 13.2 Å². The SMILES string of the molecule is N#Cc1cnn2ccc(-c3cccc(C(F)(F)F)c3)nc12. The van der Waals surface area contributed by atoms with Crippen molar-refractivity contribution in [2.45, 2.75) is 6.18 Å². The topological polar surface area (TPSA) is 54.0 Å². The van der Waals surface area contributed by atoms with Gasteiger partial charge in [-0.1, -0.05) is 12.1 Å². The Hall–Kier alpha value is -2.88. The van der Waals surface area contributed by atoms with Gasteiger partial charge in [-0.25, -0.2) is 9.50 Å². The summed E-state index contributed by atoms with van der Waals surface area (Å²) in [5.74, 6) is 0. The largest absolute Gasteiger partial charge is 0.416 e. The van der Waals surface area contributed by atoms with Crippen molar-refractivity contribution in [3.63, 3.8) is 0 Å². The van der Waals surface area contributed by atoms with Crippen molar-refractivity contribution in [2.24, 2.45) is 0 Å². The number of hydrogen-bond donors (Lipinski definition) is 0. The summed E-state index contributed by atoms with van der Waals surface area (Å²) >= 11 is 0. The lowest BCUT2D eigenvalue weighted by Gasteiger charge is -2.08. The minimum absolute atomic E-state index is 0.267. The molecule has 0 aliphatic rings. The second-order valence-electron chi connectivity index (χ2n) is 4.33. The van der Waals surface area contributed by atoms with Gasteiger partial charge in [0.1, 0.15) is 11.6 Å². The quantitative estimate of drug-likeness (QED) is 0.690. The fourth-order valence-electron chi connectivity index (χ4n) is 1.96. The lowest BCUT2D eigenvalue weighted by Crippen LogP contribution is -2.04. The van der Waals surface area contributed by atoms with Crippen LogP contribution in [0.1, 0.15) is 11.1 Å². The van der Waals surface area contributed by atoms with Gasteiger partial charge < -0.3 is 0 Å². The highest BCUT2D eigenvalue weighted by Crippen LogP contribution is 2.31. The van der Waals surface area contributed by atoms with Gasteiger partial charge in [-0.15, -0.1) is 0 Å². The van der Waals surface area contributed by atoms with Crippen molar-refractivity contribution in [1.29, 1.82) is 5.26 Å². The van der Waals surface area contributed by atoms with E-state index >= 15 is 0 Å². The minimum atomic E-state index is -4.41. The fourth-order valence-corrected chi connectivity index (χ4v) is 1.96. The molecule has 0 amide bonds. The maximum atomic E-state index is 12.7. The molecular formula is C14H7F3N4. The van der Waals surface area contributed by atoms with Crippen LogP contribution in [0.15, 0.2) is 42.7 Å². The Kier molecular flexibility index (Phi) is 2.87. The summed E-state index contributed by atoms with van der Waals surface area (Å²) in [6.07, 6.45) is -1.49. The summed E-state index contributed by atoms with van der Waals surface area (Å²) in [7, 11) is 0. The van der Waals surface area contributed by atoms with E-state index in [0.29, 0.717) is 16.9 Å². The molecule has 0 saturated heterocycles. The van der Waals surface area contributed by atoms with E-state index in [1.54, 1.807) is 12.3 Å². The van der Waals surface area contributed by atoms with E-state index in [2.05, 4.69) is 10.1 Å². The molecule has 0 fully saturated rings. The van der Waals surface area contributed by atoms with Gasteiger partial charge >= 0.3 is 6.18 Å². The molecule has 3 rings (SSSR count). The molecule has 0 saturated carbocycles. The van der Waals surface area contributed by atoms with Crippen molar-refractivity contribution in [1.82, 2.24) is 14.6 Å². The lowest BCUT2D eigenvalue weighted by atomic mass is 10.1. The normalized spacial score (nSPS) is 11.5. The van der Waals surface area contributed by atoms with Crippen molar-refractivity contribution in [2.75, 3.05) is 0 Å². The number of nitriles is 1. The third kappa shape index (κ3) is 2.31. The minimum Gasteiger partial charge on any atom is -0.227 e. The van der Waals surface area contributed by atoms with E-state index in [9.17, 15) is 13.2 Å². The molecule has 4 nitrogen and oxygen atoms in total. The Labute approximate surface area is 117 Å². The number of rotatable bonds is 1. The number of alkyl halides is 3. The molecule has 7 heteroatoms. The lowest BCUT2D eigenvalue weighted by molar-refractivity contribution is -0.137. The Balaban J connectivity index is 2.14. The summed E-state index contributed by atoms with van der Waals surface area (Å²) in [6.45, 7) is 0. The highest BCUT2D eigenvalue weighted by Gasteiger charge is 2.30. The molecule has 1 aromatic carbocycles. The third-order valence-electron chi connectivity index (χ3n) is 2.98. The summed E-state index contributed by atoms with van der Waals surface area (Å²) in [5, 5.41) is 12.9. The molecular weight excluding hydrogens is 281 g/mol. The molecule has 2 aromatic heterocycles. The van der Waals surface area contributed by atoms with Crippen LogP contribution in [0, 0.1) is 11.3 Å². The van der Waals surface area contributed by atoms with Gasteiger partial charge in [0.25, 0.3) is 0 Å². The van der Waals surface area contributed by atoms with Gasteiger partial charge in [0.05, 0.1) is 17.5 Å². The maximum absolute atomic E-state index is 12.7. The first-order valence-corrected chi connectivity index (χ1v) is 5.91. The smallest absolute Gasteiger partial charge is 0.227 e. The van der Waals surface area contributed by atoms with E-state index in [0.717, 1.165) is 12.1 Å². The Morgan fingerprint density at radius 2 is 2.00 bits per heavy atom. The first kappa shape index (κ1) is 13.1. The number of fused-ring (bicyclic) bond motifs is 1. The van der Waals surface area contributed by atoms with Gasteiger partial charge in [0, 0.05) is 11.8 Å². The average molecular weight is 288 g/mol. The van der Waals surface area contributed by atoms with Crippen LogP contribution in [-0.2, 0) is 6.18 Å². The molecule has 0 radical (unpaired) electrons. The number of halogens is 3. The highest BCUT2D eigenvalue weighted by atomic mass is 19.4. The Bertz CT molecular complexity index is 859. The van der Waals surface area contributed by atoms with E-state index < -0.39 is 11.7 Å². The van der Waals surface area contributed by atoms with Crippen molar-refractivity contribution in [3.8, 4) is 17.3 Å². The second-order valence-corrected chi connectivity index (χ2v) is 4.33. The number of benzene rings is 1. The molecule has 0 spiro atoms. The van der Waals surface area contributed by atoms with Crippen LogP contribution in [0.25, 0.3) is 16.9 Å².